The predicted molar refractivity (Wildman–Crippen MR) is 115 cm³/mol. The molecule has 6 rings (SSSR count). The van der Waals surface area contributed by atoms with E-state index in [1.807, 2.05) is 38.1 Å². The molecule has 1 unspecified atom stereocenters. The van der Waals surface area contributed by atoms with Crippen molar-refractivity contribution >= 4 is 17.7 Å². The summed E-state index contributed by atoms with van der Waals surface area (Å²) in [5, 5.41) is 12.2. The van der Waals surface area contributed by atoms with Gasteiger partial charge in [-0.05, 0) is 70.1 Å². The number of aryl methyl sites for hydroxylation is 1. The topological polar surface area (TPSA) is 85.8 Å². The van der Waals surface area contributed by atoms with Gasteiger partial charge in [-0.3, -0.25) is 4.79 Å². The lowest BCUT2D eigenvalue weighted by atomic mass is 9.53. The Balaban J connectivity index is 1.27. The average molecular weight is 412 g/mol. The van der Waals surface area contributed by atoms with Crippen LogP contribution in [0.15, 0.2) is 29.4 Å². The zero-order valence-electron chi connectivity index (χ0n) is 17.1. The Morgan fingerprint density at radius 1 is 1.14 bits per heavy atom. The molecule has 0 aliphatic heterocycles. The number of amides is 1. The molecule has 0 saturated heterocycles. The number of carbonyl (C=O) groups is 1. The third kappa shape index (κ3) is 3.54. The summed E-state index contributed by atoms with van der Waals surface area (Å²) in [5.41, 5.74) is 2.13. The molecule has 29 heavy (non-hydrogen) atoms. The second-order valence-corrected chi connectivity index (χ2v) is 10.8. The van der Waals surface area contributed by atoms with E-state index >= 15 is 0 Å². The van der Waals surface area contributed by atoms with E-state index in [1.165, 1.54) is 41.3 Å². The van der Waals surface area contributed by atoms with E-state index < -0.39 is 0 Å². The molecule has 6 nitrogen and oxygen atoms in total. The van der Waals surface area contributed by atoms with Crippen LogP contribution in [0.4, 0.5) is 0 Å². The fourth-order valence-corrected chi connectivity index (χ4v) is 6.87. The molecule has 7 heteroatoms. The first-order valence-electron chi connectivity index (χ1n) is 10.7. The number of thioether (sulfide) groups is 1. The van der Waals surface area contributed by atoms with Crippen molar-refractivity contribution in [1.82, 2.24) is 20.2 Å². The van der Waals surface area contributed by atoms with Crippen molar-refractivity contribution in [3.8, 4) is 11.4 Å². The minimum atomic E-state index is -0.264. The summed E-state index contributed by atoms with van der Waals surface area (Å²) in [6, 6.07) is 8.03. The molecule has 1 amide bonds. The predicted octanol–water partition coefficient (Wildman–Crippen LogP) is 3.53. The number of nitrogen functional groups attached to an aromatic ring is 1. The molecule has 4 aliphatic carbocycles. The van der Waals surface area contributed by atoms with E-state index in [1.54, 1.807) is 0 Å². The first kappa shape index (κ1) is 19.0. The number of carbonyl (C=O) groups excluding carboxylic acids is 1. The highest BCUT2D eigenvalue weighted by Crippen LogP contribution is 2.55. The van der Waals surface area contributed by atoms with Crippen molar-refractivity contribution in [2.45, 2.75) is 68.3 Å². The third-order valence-electron chi connectivity index (χ3n) is 7.05. The van der Waals surface area contributed by atoms with Gasteiger partial charge in [0, 0.05) is 11.1 Å². The van der Waals surface area contributed by atoms with Crippen LogP contribution in [-0.2, 0) is 4.79 Å². The number of benzene rings is 1. The van der Waals surface area contributed by atoms with Crippen molar-refractivity contribution in [2.75, 3.05) is 5.84 Å². The van der Waals surface area contributed by atoms with Gasteiger partial charge in [-0.2, -0.15) is 0 Å². The van der Waals surface area contributed by atoms with Crippen LogP contribution in [0.3, 0.4) is 0 Å². The van der Waals surface area contributed by atoms with E-state index in [4.69, 9.17) is 5.84 Å². The van der Waals surface area contributed by atoms with Gasteiger partial charge in [-0.15, -0.1) is 10.2 Å². The number of nitrogens with one attached hydrogen (secondary N) is 1. The second-order valence-electron chi connectivity index (χ2n) is 9.49. The summed E-state index contributed by atoms with van der Waals surface area (Å²) < 4.78 is 1.49. The molecule has 2 aromatic rings. The highest BCUT2D eigenvalue weighted by atomic mass is 32.2. The highest BCUT2D eigenvalue weighted by Gasteiger charge is 2.51. The molecule has 1 heterocycles. The summed E-state index contributed by atoms with van der Waals surface area (Å²) in [5.74, 6) is 9.40. The molecule has 0 radical (unpaired) electrons. The van der Waals surface area contributed by atoms with Gasteiger partial charge in [0.2, 0.25) is 11.1 Å². The Morgan fingerprint density at radius 2 is 1.72 bits per heavy atom. The number of nitrogens with zero attached hydrogens (tertiary/aromatic N) is 3. The largest absolute Gasteiger partial charge is 0.350 e. The molecule has 1 atom stereocenters. The zero-order chi connectivity index (χ0) is 20.2. The quantitative estimate of drug-likeness (QED) is 0.581. The molecule has 4 aliphatic rings. The SMILES string of the molecule is Cc1ccc(-c2nnc(SC(C)C(=O)NC34CC5CC(CC(C5)C3)C4)n2N)cc1. The van der Waals surface area contributed by atoms with Gasteiger partial charge in [0.05, 0.1) is 5.25 Å². The summed E-state index contributed by atoms with van der Waals surface area (Å²) in [7, 11) is 0. The fraction of sp³-hybridized carbons (Fsp3) is 0.591. The molecule has 154 valence electrons. The van der Waals surface area contributed by atoms with E-state index in [2.05, 4.69) is 15.5 Å². The van der Waals surface area contributed by atoms with Crippen molar-refractivity contribution in [2.24, 2.45) is 17.8 Å². The van der Waals surface area contributed by atoms with Crippen LogP contribution in [0.5, 0.6) is 0 Å². The molecule has 4 fully saturated rings. The van der Waals surface area contributed by atoms with Crippen molar-refractivity contribution in [3.63, 3.8) is 0 Å². The number of rotatable bonds is 5. The molecule has 0 spiro atoms. The lowest BCUT2D eigenvalue weighted by molar-refractivity contribution is -0.126. The molecule has 1 aromatic carbocycles. The number of hydrogen-bond acceptors (Lipinski definition) is 5. The first-order valence-corrected chi connectivity index (χ1v) is 11.5. The monoisotopic (exact) mass is 411 g/mol. The summed E-state index contributed by atoms with van der Waals surface area (Å²) >= 11 is 1.38. The highest BCUT2D eigenvalue weighted by molar-refractivity contribution is 8.00. The minimum Gasteiger partial charge on any atom is -0.350 e. The fourth-order valence-electron chi connectivity index (χ4n) is 6.10. The van der Waals surface area contributed by atoms with Crippen LogP contribution >= 0.6 is 11.8 Å². The van der Waals surface area contributed by atoms with E-state index in [9.17, 15) is 4.79 Å². The summed E-state index contributed by atoms with van der Waals surface area (Å²) in [4.78, 5) is 13.0. The zero-order valence-corrected chi connectivity index (χ0v) is 17.9. The van der Waals surface area contributed by atoms with Crippen LogP contribution in [-0.4, -0.2) is 31.6 Å². The summed E-state index contributed by atoms with van der Waals surface area (Å²) in [6.07, 6.45) is 7.60. The van der Waals surface area contributed by atoms with Gasteiger partial charge < -0.3 is 11.2 Å². The average Bonchev–Trinajstić information content (AvgIpc) is 3.01. The molecule has 4 saturated carbocycles. The maximum absolute atomic E-state index is 13.0. The summed E-state index contributed by atoms with van der Waals surface area (Å²) in [6.45, 7) is 3.98. The molecular formula is C22H29N5OS. The number of aromatic nitrogens is 3. The Morgan fingerprint density at radius 3 is 2.31 bits per heavy atom. The Kier molecular flexibility index (Phi) is 4.61. The van der Waals surface area contributed by atoms with E-state index in [0.717, 1.165) is 42.6 Å². The van der Waals surface area contributed by atoms with Crippen LogP contribution < -0.4 is 11.2 Å². The van der Waals surface area contributed by atoms with Gasteiger partial charge >= 0.3 is 0 Å². The maximum atomic E-state index is 13.0. The third-order valence-corrected chi connectivity index (χ3v) is 8.11. The number of hydrogen-bond donors (Lipinski definition) is 2. The van der Waals surface area contributed by atoms with Gasteiger partial charge in [0.1, 0.15) is 0 Å². The van der Waals surface area contributed by atoms with Gasteiger partial charge in [0.25, 0.3) is 0 Å². The number of nitrogens with two attached hydrogens (primary N) is 1. The van der Waals surface area contributed by atoms with Crippen LogP contribution in [0.25, 0.3) is 11.4 Å². The smallest absolute Gasteiger partial charge is 0.233 e. The molecule has 3 N–H and O–H groups in total. The Bertz CT molecular complexity index is 886. The first-order chi connectivity index (χ1) is 13.9. The van der Waals surface area contributed by atoms with Gasteiger partial charge in [-0.1, -0.05) is 41.6 Å². The normalized spacial score (nSPS) is 31.0. The Labute approximate surface area is 176 Å². The van der Waals surface area contributed by atoms with Crippen LogP contribution in [0.2, 0.25) is 0 Å². The molecule has 1 aromatic heterocycles. The van der Waals surface area contributed by atoms with Crippen molar-refractivity contribution in [1.29, 1.82) is 0 Å². The second kappa shape index (κ2) is 7.04. The van der Waals surface area contributed by atoms with Gasteiger partial charge in [0.15, 0.2) is 5.82 Å². The van der Waals surface area contributed by atoms with Crippen molar-refractivity contribution < 1.29 is 4.79 Å². The lowest BCUT2D eigenvalue weighted by Crippen LogP contribution is -2.60. The molecule has 4 bridgehead atoms. The lowest BCUT2D eigenvalue weighted by Gasteiger charge is -2.57. The Hall–Kier alpha value is -2.02. The van der Waals surface area contributed by atoms with Crippen LogP contribution in [0, 0.1) is 24.7 Å². The maximum Gasteiger partial charge on any atom is 0.233 e. The molecular weight excluding hydrogens is 382 g/mol. The van der Waals surface area contributed by atoms with Crippen molar-refractivity contribution in [3.05, 3.63) is 29.8 Å². The van der Waals surface area contributed by atoms with E-state index in [0.29, 0.717) is 11.0 Å². The minimum absolute atomic E-state index is 0.0318. The standard InChI is InChI=1S/C22H29N5OS/c1-13-3-5-18(6-4-13)19-25-26-21(27(19)23)29-14(2)20(28)24-22-10-15-7-16(11-22)9-17(8-15)12-22/h3-6,14-17H,7-12,23H2,1-2H3,(H,24,28). The van der Waals surface area contributed by atoms with Gasteiger partial charge in [-0.25, -0.2) is 4.68 Å². The van der Waals surface area contributed by atoms with E-state index in [-0.39, 0.29) is 16.7 Å². The van der Waals surface area contributed by atoms with Crippen LogP contribution in [0.1, 0.15) is 51.0 Å².